The van der Waals surface area contributed by atoms with Crippen molar-refractivity contribution in [2.45, 2.75) is 38.9 Å². The van der Waals surface area contributed by atoms with Crippen molar-refractivity contribution in [3.05, 3.63) is 34.9 Å². The molecule has 26 heavy (non-hydrogen) atoms. The average Bonchev–Trinajstić information content (AvgIpc) is 2.80. The zero-order valence-corrected chi connectivity index (χ0v) is 14.8. The Kier molecular flexibility index (Phi) is 5.30. The lowest BCUT2D eigenvalue weighted by atomic mass is 9.73. The molecule has 2 aliphatic carbocycles. The number of oxime groups is 1. The molecule has 0 amide bonds. The lowest BCUT2D eigenvalue weighted by Crippen LogP contribution is -2.38. The molecule has 6 heteroatoms. The van der Waals surface area contributed by atoms with Crippen molar-refractivity contribution < 1.29 is 25.0 Å². The Bertz CT molecular complexity index is 791. The minimum Gasteiger partial charge on any atom is -0.479 e. The predicted octanol–water partition coefficient (Wildman–Crippen LogP) is 1.81. The van der Waals surface area contributed by atoms with Gasteiger partial charge in [0, 0.05) is 11.8 Å². The molecule has 0 spiro atoms. The van der Waals surface area contributed by atoms with Crippen molar-refractivity contribution in [2.24, 2.45) is 22.9 Å². The fourth-order valence-electron chi connectivity index (χ4n) is 3.82. The Morgan fingerprint density at radius 2 is 2.19 bits per heavy atom. The summed E-state index contributed by atoms with van der Waals surface area (Å²) in [6.45, 7) is 3.48. The van der Waals surface area contributed by atoms with Gasteiger partial charge in [0.15, 0.2) is 0 Å². The monoisotopic (exact) mass is 357 g/mol. The molecule has 0 radical (unpaired) electrons. The van der Waals surface area contributed by atoms with Gasteiger partial charge >= 0.3 is 5.97 Å². The van der Waals surface area contributed by atoms with Gasteiger partial charge in [0.1, 0.15) is 6.10 Å². The van der Waals surface area contributed by atoms with E-state index in [0.29, 0.717) is 12.8 Å². The summed E-state index contributed by atoms with van der Waals surface area (Å²) in [5.74, 6) is 4.77. The standard InChI is InChI=1S/C20H23NO5/c1-11-3-5-14(12(2)7-11)18(22)6-4-13-8-15-16(20(13)25)9-17(15)21-26-10-19(23)24/h3,5,7,13,15-16,18,20,22,25H,8-10H2,1-2H3,(H,23,24)/b21-17-. The number of carboxylic acids is 1. The Labute approximate surface area is 152 Å². The molecule has 1 aromatic carbocycles. The van der Waals surface area contributed by atoms with Gasteiger partial charge in [-0.2, -0.15) is 0 Å². The van der Waals surface area contributed by atoms with Crippen LogP contribution in [0.3, 0.4) is 0 Å². The molecule has 0 saturated heterocycles. The number of aliphatic carboxylic acids is 1. The molecule has 2 fully saturated rings. The smallest absolute Gasteiger partial charge is 0.344 e. The van der Waals surface area contributed by atoms with Crippen LogP contribution in [0, 0.1) is 43.4 Å². The highest BCUT2D eigenvalue weighted by atomic mass is 16.6. The lowest BCUT2D eigenvalue weighted by molar-refractivity contribution is -0.142. The van der Waals surface area contributed by atoms with Gasteiger partial charge in [-0.1, -0.05) is 40.8 Å². The highest BCUT2D eigenvalue weighted by Gasteiger charge is 2.51. The topological polar surface area (TPSA) is 99.4 Å². The van der Waals surface area contributed by atoms with Gasteiger partial charge in [0.05, 0.1) is 11.8 Å². The average molecular weight is 357 g/mol. The number of benzene rings is 1. The van der Waals surface area contributed by atoms with Crippen LogP contribution in [0.4, 0.5) is 0 Å². The van der Waals surface area contributed by atoms with E-state index >= 15 is 0 Å². The van der Waals surface area contributed by atoms with E-state index in [4.69, 9.17) is 9.94 Å². The summed E-state index contributed by atoms with van der Waals surface area (Å²) in [6, 6.07) is 5.83. The molecule has 1 aromatic rings. The largest absolute Gasteiger partial charge is 0.479 e. The number of nitrogens with zero attached hydrogens (tertiary/aromatic N) is 1. The van der Waals surface area contributed by atoms with E-state index in [-0.39, 0.29) is 17.8 Å². The molecule has 2 saturated carbocycles. The number of aliphatic hydroxyl groups excluding tert-OH is 2. The number of fused-ring (bicyclic) bond motifs is 1. The zero-order valence-electron chi connectivity index (χ0n) is 14.8. The molecular formula is C20H23NO5. The predicted molar refractivity (Wildman–Crippen MR) is 95.4 cm³/mol. The molecule has 3 rings (SSSR count). The van der Waals surface area contributed by atoms with Crippen molar-refractivity contribution in [1.82, 2.24) is 0 Å². The van der Waals surface area contributed by atoms with Gasteiger partial charge < -0.3 is 20.2 Å². The molecule has 138 valence electrons. The number of hydrogen-bond acceptors (Lipinski definition) is 5. The number of hydrogen-bond donors (Lipinski definition) is 3. The summed E-state index contributed by atoms with van der Waals surface area (Å²) in [4.78, 5) is 15.2. The van der Waals surface area contributed by atoms with Crippen LogP contribution >= 0.6 is 0 Å². The molecule has 5 unspecified atom stereocenters. The minimum absolute atomic E-state index is 0.0800. The quantitative estimate of drug-likeness (QED) is 0.564. The van der Waals surface area contributed by atoms with Gasteiger partial charge in [-0.05, 0) is 43.7 Å². The van der Waals surface area contributed by atoms with Crippen molar-refractivity contribution in [1.29, 1.82) is 0 Å². The van der Waals surface area contributed by atoms with E-state index in [1.54, 1.807) is 0 Å². The molecule has 0 aliphatic heterocycles. The van der Waals surface area contributed by atoms with E-state index in [1.165, 1.54) is 0 Å². The van der Waals surface area contributed by atoms with Crippen LogP contribution in [0.2, 0.25) is 0 Å². The van der Waals surface area contributed by atoms with Gasteiger partial charge in [-0.25, -0.2) is 4.79 Å². The number of aliphatic hydroxyl groups is 2. The van der Waals surface area contributed by atoms with Crippen LogP contribution in [-0.4, -0.2) is 39.7 Å². The third-order valence-corrected chi connectivity index (χ3v) is 5.24. The van der Waals surface area contributed by atoms with Crippen molar-refractivity contribution in [3.63, 3.8) is 0 Å². The molecule has 2 aliphatic rings. The molecule has 6 nitrogen and oxygen atoms in total. The number of carbonyl (C=O) groups is 1. The van der Waals surface area contributed by atoms with Crippen LogP contribution in [0.15, 0.2) is 23.4 Å². The Hall–Kier alpha value is -2.36. The first-order chi connectivity index (χ1) is 12.4. The summed E-state index contributed by atoms with van der Waals surface area (Å²) in [5.41, 5.74) is 3.69. The highest BCUT2D eigenvalue weighted by Crippen LogP contribution is 2.48. The lowest BCUT2D eigenvalue weighted by Gasteiger charge is -2.33. The summed E-state index contributed by atoms with van der Waals surface area (Å²) >= 11 is 0. The van der Waals surface area contributed by atoms with Crippen molar-refractivity contribution >= 4 is 11.7 Å². The van der Waals surface area contributed by atoms with E-state index < -0.39 is 24.8 Å². The maximum atomic E-state index is 10.5. The van der Waals surface area contributed by atoms with Gasteiger partial charge in [0.25, 0.3) is 0 Å². The second-order valence-electron chi connectivity index (χ2n) is 7.11. The van der Waals surface area contributed by atoms with Crippen LogP contribution in [0.1, 0.15) is 35.6 Å². The van der Waals surface area contributed by atoms with Crippen LogP contribution in [0.25, 0.3) is 0 Å². The molecule has 5 atom stereocenters. The molecule has 3 N–H and O–H groups in total. The van der Waals surface area contributed by atoms with Crippen LogP contribution < -0.4 is 0 Å². The van der Waals surface area contributed by atoms with Crippen LogP contribution in [0.5, 0.6) is 0 Å². The first-order valence-corrected chi connectivity index (χ1v) is 8.71. The normalized spacial score (nSPS) is 29.3. The maximum Gasteiger partial charge on any atom is 0.344 e. The minimum atomic E-state index is -1.07. The molecular weight excluding hydrogens is 334 g/mol. The molecule has 0 bridgehead atoms. The maximum absolute atomic E-state index is 10.5. The Morgan fingerprint density at radius 1 is 1.42 bits per heavy atom. The van der Waals surface area contributed by atoms with Gasteiger partial charge in [-0.15, -0.1) is 0 Å². The van der Waals surface area contributed by atoms with Gasteiger partial charge in [-0.3, -0.25) is 0 Å². The zero-order chi connectivity index (χ0) is 18.8. The second-order valence-corrected chi connectivity index (χ2v) is 7.11. The van der Waals surface area contributed by atoms with Crippen molar-refractivity contribution in [2.75, 3.05) is 6.61 Å². The van der Waals surface area contributed by atoms with E-state index in [9.17, 15) is 15.0 Å². The fraction of sp³-hybridized carbons (Fsp3) is 0.500. The summed E-state index contributed by atoms with van der Waals surface area (Å²) in [7, 11) is 0. The Balaban J connectivity index is 1.63. The fourth-order valence-corrected chi connectivity index (χ4v) is 3.82. The van der Waals surface area contributed by atoms with E-state index in [2.05, 4.69) is 17.0 Å². The Morgan fingerprint density at radius 3 is 2.88 bits per heavy atom. The van der Waals surface area contributed by atoms with Crippen molar-refractivity contribution in [3.8, 4) is 11.8 Å². The second kappa shape index (κ2) is 7.48. The molecule has 0 heterocycles. The number of aryl methyl sites for hydroxylation is 2. The molecule has 0 aromatic heterocycles. The summed E-state index contributed by atoms with van der Waals surface area (Å²) in [6.07, 6.45) is -0.193. The highest BCUT2D eigenvalue weighted by molar-refractivity contribution is 5.93. The third kappa shape index (κ3) is 3.74. The SMILES string of the molecule is Cc1ccc(C(O)C#CC2CC3/C(=N\OCC(=O)O)CC3C2O)c(C)c1. The first kappa shape index (κ1) is 18.4. The first-order valence-electron chi connectivity index (χ1n) is 8.71. The number of carboxylic acid groups (broad SMARTS) is 1. The number of rotatable bonds is 4. The van der Waals surface area contributed by atoms with E-state index in [1.807, 2.05) is 32.0 Å². The van der Waals surface area contributed by atoms with Gasteiger partial charge in [0.2, 0.25) is 6.61 Å². The third-order valence-electron chi connectivity index (χ3n) is 5.24. The van der Waals surface area contributed by atoms with E-state index in [0.717, 1.165) is 22.4 Å². The summed E-state index contributed by atoms with van der Waals surface area (Å²) < 4.78 is 0. The van der Waals surface area contributed by atoms with Crippen LogP contribution in [-0.2, 0) is 9.63 Å². The summed E-state index contributed by atoms with van der Waals surface area (Å²) in [5, 5.41) is 33.2.